The van der Waals surface area contributed by atoms with E-state index < -0.39 is 58.3 Å². The monoisotopic (exact) mass is 530 g/mol. The molecule has 0 spiro atoms. The molecule has 4 rings (SSSR count). The van der Waals surface area contributed by atoms with Gasteiger partial charge in [-0.1, -0.05) is 25.3 Å². The van der Waals surface area contributed by atoms with Crippen LogP contribution in [0.1, 0.15) is 59.4 Å². The van der Waals surface area contributed by atoms with Gasteiger partial charge in [0.2, 0.25) is 0 Å². The van der Waals surface area contributed by atoms with E-state index in [4.69, 9.17) is 4.42 Å². The Morgan fingerprint density at radius 2 is 1.76 bits per heavy atom. The molecule has 2 aliphatic rings. The predicted molar refractivity (Wildman–Crippen MR) is 128 cm³/mol. The van der Waals surface area contributed by atoms with Crippen LogP contribution in [0.15, 0.2) is 40.8 Å². The summed E-state index contributed by atoms with van der Waals surface area (Å²) in [5.74, 6) is -5.27. The molecule has 2 unspecified atom stereocenters. The molecule has 3 amide bonds. The molecule has 202 valence electrons. The van der Waals surface area contributed by atoms with Crippen molar-refractivity contribution in [1.82, 2.24) is 15.1 Å². The Hall–Kier alpha value is -4.29. The Bertz CT molecular complexity index is 1240. The van der Waals surface area contributed by atoms with E-state index in [9.17, 15) is 38.8 Å². The number of nitrogens with one attached hydrogen (secondary N) is 1. The van der Waals surface area contributed by atoms with Crippen LogP contribution >= 0.6 is 0 Å². The molecule has 0 bridgehead atoms. The largest absolute Gasteiger partial charge is 0.481 e. The number of carbonyl (C=O) groups is 4. The third-order valence-corrected chi connectivity index (χ3v) is 6.92. The lowest BCUT2D eigenvalue weighted by Gasteiger charge is -2.34. The molecule has 2 N–H and O–H groups in total. The van der Waals surface area contributed by atoms with Crippen LogP contribution in [-0.4, -0.2) is 68.8 Å². The smallest absolute Gasteiger partial charge is 0.433 e. The van der Waals surface area contributed by atoms with Crippen molar-refractivity contribution >= 4 is 29.6 Å². The zero-order chi connectivity index (χ0) is 27.4. The molecular formula is C25H27FN4O8. The van der Waals surface area contributed by atoms with E-state index in [1.165, 1.54) is 12.1 Å². The number of halogens is 1. The number of benzene rings is 1. The summed E-state index contributed by atoms with van der Waals surface area (Å²) in [5, 5.41) is 23.2. The summed E-state index contributed by atoms with van der Waals surface area (Å²) in [6.07, 6.45) is 2.42. The first-order valence-corrected chi connectivity index (χ1v) is 12.3. The van der Waals surface area contributed by atoms with Crippen LogP contribution in [0.3, 0.4) is 0 Å². The Kier molecular flexibility index (Phi) is 8.03. The van der Waals surface area contributed by atoms with E-state index in [1.807, 2.05) is 0 Å². The van der Waals surface area contributed by atoms with Gasteiger partial charge in [-0.05, 0) is 43.0 Å². The first-order valence-electron chi connectivity index (χ1n) is 12.3. The highest BCUT2D eigenvalue weighted by Crippen LogP contribution is 2.29. The molecule has 2 atom stereocenters. The Balaban J connectivity index is 1.64. The number of aliphatic carboxylic acids is 1. The maximum Gasteiger partial charge on any atom is 0.433 e. The Morgan fingerprint density at radius 3 is 2.37 bits per heavy atom. The number of rotatable bonds is 8. The standard InChI is InChI=1S/C25H27FN4O8/c26-17-8-4-7-16(13-17)24(34)28-11-12-29(25(35)19-9-10-20(38-19)30(36)37)23(28)22(33)27-18(14-21(31)32)15-5-2-1-3-6-15/h4,7-10,13,15,18,23H,1-3,5-6,11-12,14H2,(H,27,33)(H,31,32). The van der Waals surface area contributed by atoms with Crippen molar-refractivity contribution in [3.05, 3.63) is 63.7 Å². The van der Waals surface area contributed by atoms with E-state index >= 15 is 0 Å². The molecule has 2 aromatic rings. The number of carboxylic acid groups (broad SMARTS) is 1. The fraction of sp³-hybridized carbons (Fsp3) is 0.440. The summed E-state index contributed by atoms with van der Waals surface area (Å²) in [7, 11) is 0. The third-order valence-electron chi connectivity index (χ3n) is 6.92. The minimum Gasteiger partial charge on any atom is -0.481 e. The summed E-state index contributed by atoms with van der Waals surface area (Å²) >= 11 is 0. The molecule has 1 saturated carbocycles. The number of hydrogen-bond acceptors (Lipinski definition) is 7. The second-order valence-electron chi connectivity index (χ2n) is 9.39. The van der Waals surface area contributed by atoms with Crippen molar-refractivity contribution in [2.75, 3.05) is 13.1 Å². The molecule has 1 aliphatic heterocycles. The topological polar surface area (TPSA) is 163 Å². The Labute approximate surface area is 216 Å². The first-order chi connectivity index (χ1) is 18.2. The second kappa shape index (κ2) is 11.4. The SMILES string of the molecule is O=C(O)CC(NC(=O)C1N(C(=O)c2cccc(F)c2)CCN1C(=O)c1ccc([N+](=O)[O-])o1)C1CCCCC1. The predicted octanol–water partition coefficient (Wildman–Crippen LogP) is 2.79. The molecule has 1 aliphatic carbocycles. The highest BCUT2D eigenvalue weighted by atomic mass is 19.1. The van der Waals surface area contributed by atoms with Crippen molar-refractivity contribution in [3.8, 4) is 0 Å². The van der Waals surface area contributed by atoms with Gasteiger partial charge in [0.05, 0.1) is 12.5 Å². The van der Waals surface area contributed by atoms with Crippen LogP contribution < -0.4 is 5.32 Å². The maximum absolute atomic E-state index is 13.8. The van der Waals surface area contributed by atoms with Crippen molar-refractivity contribution in [2.24, 2.45) is 5.92 Å². The van der Waals surface area contributed by atoms with E-state index in [0.717, 1.165) is 66.2 Å². The van der Waals surface area contributed by atoms with Gasteiger partial charge in [0.15, 0.2) is 11.9 Å². The highest BCUT2D eigenvalue weighted by Gasteiger charge is 2.45. The quantitative estimate of drug-likeness (QED) is 0.389. The molecule has 38 heavy (non-hydrogen) atoms. The lowest BCUT2D eigenvalue weighted by Crippen LogP contribution is -2.56. The maximum atomic E-state index is 13.8. The van der Waals surface area contributed by atoms with Gasteiger partial charge in [0, 0.05) is 24.7 Å². The van der Waals surface area contributed by atoms with Crippen molar-refractivity contribution < 1.29 is 38.0 Å². The molecule has 12 nitrogen and oxygen atoms in total. The number of nitrogens with zero attached hydrogens (tertiary/aromatic N) is 3. The van der Waals surface area contributed by atoms with Crippen molar-refractivity contribution in [1.29, 1.82) is 0 Å². The number of furan rings is 1. The van der Waals surface area contributed by atoms with Gasteiger partial charge in [-0.25, -0.2) is 4.39 Å². The molecule has 1 aromatic carbocycles. The lowest BCUT2D eigenvalue weighted by molar-refractivity contribution is -0.402. The van der Waals surface area contributed by atoms with Gasteiger partial charge in [-0.15, -0.1) is 0 Å². The lowest BCUT2D eigenvalue weighted by atomic mass is 9.82. The number of hydrogen-bond donors (Lipinski definition) is 2. The van der Waals surface area contributed by atoms with Crippen molar-refractivity contribution in [3.63, 3.8) is 0 Å². The van der Waals surface area contributed by atoms with Crippen LogP contribution in [0.5, 0.6) is 0 Å². The highest BCUT2D eigenvalue weighted by molar-refractivity contribution is 6.01. The van der Waals surface area contributed by atoms with Gasteiger partial charge in [-0.2, -0.15) is 0 Å². The van der Waals surface area contributed by atoms with E-state index in [1.54, 1.807) is 0 Å². The summed E-state index contributed by atoms with van der Waals surface area (Å²) in [4.78, 5) is 64.1. The summed E-state index contributed by atoms with van der Waals surface area (Å²) < 4.78 is 18.8. The van der Waals surface area contributed by atoms with Gasteiger partial charge in [0.1, 0.15) is 10.7 Å². The Morgan fingerprint density at radius 1 is 1.08 bits per heavy atom. The molecule has 1 aromatic heterocycles. The molecule has 2 heterocycles. The molecule has 2 fully saturated rings. The average molecular weight is 531 g/mol. The fourth-order valence-electron chi connectivity index (χ4n) is 5.12. The molecular weight excluding hydrogens is 503 g/mol. The third kappa shape index (κ3) is 5.82. The normalized spacial score (nSPS) is 18.7. The van der Waals surface area contributed by atoms with Crippen LogP contribution in [0.25, 0.3) is 0 Å². The first kappa shape index (κ1) is 26.8. The zero-order valence-electron chi connectivity index (χ0n) is 20.4. The van der Waals surface area contributed by atoms with Gasteiger partial charge in [-0.3, -0.25) is 29.3 Å². The summed E-state index contributed by atoms with van der Waals surface area (Å²) in [6.45, 7) is -0.200. The van der Waals surface area contributed by atoms with Gasteiger partial charge in [0.25, 0.3) is 17.7 Å². The minimum atomic E-state index is -1.51. The van der Waals surface area contributed by atoms with E-state index in [0.29, 0.717) is 0 Å². The molecule has 13 heteroatoms. The number of carboxylic acids is 1. The average Bonchev–Trinajstić information content (AvgIpc) is 3.56. The second-order valence-corrected chi connectivity index (χ2v) is 9.39. The van der Waals surface area contributed by atoms with Crippen LogP contribution in [0.4, 0.5) is 10.3 Å². The number of nitro groups is 1. The van der Waals surface area contributed by atoms with Gasteiger partial charge < -0.3 is 24.6 Å². The minimum absolute atomic E-state index is 0.0416. The molecule has 0 radical (unpaired) electrons. The number of amides is 3. The van der Waals surface area contributed by atoms with Crippen LogP contribution in [0.2, 0.25) is 0 Å². The van der Waals surface area contributed by atoms with Crippen LogP contribution in [0, 0.1) is 21.8 Å². The number of carbonyl (C=O) groups excluding carboxylic acids is 3. The van der Waals surface area contributed by atoms with E-state index in [2.05, 4.69) is 5.32 Å². The summed E-state index contributed by atoms with van der Waals surface area (Å²) in [6, 6.07) is 6.24. The summed E-state index contributed by atoms with van der Waals surface area (Å²) in [5.41, 5.74) is -0.0416. The fourth-order valence-corrected chi connectivity index (χ4v) is 5.12. The van der Waals surface area contributed by atoms with Crippen molar-refractivity contribution in [2.45, 2.75) is 50.7 Å². The van der Waals surface area contributed by atoms with E-state index in [-0.39, 0.29) is 31.0 Å². The van der Waals surface area contributed by atoms with Crippen LogP contribution in [-0.2, 0) is 9.59 Å². The zero-order valence-corrected chi connectivity index (χ0v) is 20.4. The van der Waals surface area contributed by atoms with Gasteiger partial charge >= 0.3 is 11.9 Å². The molecule has 1 saturated heterocycles.